The summed E-state index contributed by atoms with van der Waals surface area (Å²) in [5.41, 5.74) is 2.34. The molecule has 2 N–H and O–H groups in total. The Hall–Kier alpha value is -3.20. The summed E-state index contributed by atoms with van der Waals surface area (Å²) in [7, 11) is 2.09. The largest absolute Gasteiger partial charge is 0.334 e. The average Bonchev–Trinajstić information content (AvgIpc) is 2.75. The molecule has 0 saturated carbocycles. The molecule has 0 radical (unpaired) electrons. The number of hydrogen-bond donors (Lipinski definition) is 2. The van der Waals surface area contributed by atoms with Crippen LogP contribution in [-0.2, 0) is 13.0 Å². The minimum atomic E-state index is -0.695. The van der Waals surface area contributed by atoms with Gasteiger partial charge in [-0.1, -0.05) is 35.3 Å². The third-order valence-corrected chi connectivity index (χ3v) is 6.09. The minimum Gasteiger partial charge on any atom is -0.324 e. The normalized spacial score (nSPS) is 13.8. The zero-order valence-electron chi connectivity index (χ0n) is 17.0. The molecular weight excluding hydrogens is 451 g/mol. The van der Waals surface area contributed by atoms with Crippen LogP contribution in [0, 0.1) is 0 Å². The van der Waals surface area contributed by atoms with E-state index in [1.54, 1.807) is 18.2 Å². The molecule has 0 atom stereocenters. The number of hydrogen-bond acceptors (Lipinski definition) is 6. The van der Waals surface area contributed by atoms with Crippen molar-refractivity contribution >= 4 is 45.9 Å². The lowest BCUT2D eigenvalue weighted by Gasteiger charge is -2.25. The fourth-order valence-corrected chi connectivity index (χ4v) is 4.44. The number of fused-ring (bicyclic) bond motifs is 2. The smallest absolute Gasteiger partial charge is 0.324 e. The number of halogens is 2. The fourth-order valence-electron chi connectivity index (χ4n) is 3.87. The Balaban J connectivity index is 1.54. The molecule has 0 amide bonds. The van der Waals surface area contributed by atoms with Gasteiger partial charge < -0.3 is 10.2 Å². The molecule has 2 aromatic heterocycles. The minimum absolute atomic E-state index is 0.116. The van der Waals surface area contributed by atoms with Crippen molar-refractivity contribution in [1.82, 2.24) is 24.4 Å². The number of likely N-dealkylation sites (N-methyl/N-ethyl adjacent to an activating group) is 1. The Bertz CT molecular complexity index is 1460. The SMILES string of the molecule is CN1CCc2ccc(Nc3ncc4c(=O)n(-c5c(Cl)cccc5Cl)c(=O)[nH]c4n3)cc2C1. The van der Waals surface area contributed by atoms with E-state index in [1.807, 2.05) is 6.07 Å². The Morgan fingerprint density at radius 3 is 2.66 bits per heavy atom. The zero-order valence-corrected chi connectivity index (χ0v) is 18.5. The van der Waals surface area contributed by atoms with Crippen molar-refractivity contribution < 1.29 is 0 Å². The first-order valence-corrected chi connectivity index (χ1v) is 10.7. The second-order valence-corrected chi connectivity index (χ2v) is 8.51. The van der Waals surface area contributed by atoms with Crippen LogP contribution in [0.5, 0.6) is 0 Å². The maximum atomic E-state index is 13.0. The molecule has 32 heavy (non-hydrogen) atoms. The Labute approximate surface area is 192 Å². The van der Waals surface area contributed by atoms with Crippen molar-refractivity contribution in [2.75, 3.05) is 18.9 Å². The lowest BCUT2D eigenvalue weighted by atomic mass is 9.99. The molecule has 0 fully saturated rings. The van der Waals surface area contributed by atoms with E-state index in [4.69, 9.17) is 23.2 Å². The van der Waals surface area contributed by atoms with Crippen LogP contribution in [0.25, 0.3) is 16.7 Å². The molecule has 3 heterocycles. The van der Waals surface area contributed by atoms with Crippen LogP contribution in [0.1, 0.15) is 11.1 Å². The van der Waals surface area contributed by atoms with Crippen molar-refractivity contribution in [1.29, 1.82) is 0 Å². The van der Waals surface area contributed by atoms with Crippen molar-refractivity contribution in [3.63, 3.8) is 0 Å². The molecule has 1 aliphatic heterocycles. The van der Waals surface area contributed by atoms with E-state index in [0.717, 1.165) is 29.8 Å². The van der Waals surface area contributed by atoms with Crippen LogP contribution in [0.2, 0.25) is 10.0 Å². The quantitative estimate of drug-likeness (QED) is 0.477. The second-order valence-electron chi connectivity index (χ2n) is 7.69. The average molecular weight is 469 g/mol. The van der Waals surface area contributed by atoms with E-state index >= 15 is 0 Å². The van der Waals surface area contributed by atoms with Gasteiger partial charge in [0.2, 0.25) is 5.95 Å². The summed E-state index contributed by atoms with van der Waals surface area (Å²) in [5, 5.41) is 3.65. The summed E-state index contributed by atoms with van der Waals surface area (Å²) < 4.78 is 0.892. The number of aromatic nitrogens is 4. The van der Waals surface area contributed by atoms with Gasteiger partial charge in [-0.2, -0.15) is 4.98 Å². The fraction of sp³-hybridized carbons (Fsp3) is 0.182. The highest BCUT2D eigenvalue weighted by Crippen LogP contribution is 2.27. The Morgan fingerprint density at radius 2 is 1.88 bits per heavy atom. The molecule has 4 aromatic rings. The summed E-state index contributed by atoms with van der Waals surface area (Å²) in [5.74, 6) is 0.269. The monoisotopic (exact) mass is 468 g/mol. The summed E-state index contributed by atoms with van der Waals surface area (Å²) in [6.45, 7) is 1.92. The summed E-state index contributed by atoms with van der Waals surface area (Å²) in [6.07, 6.45) is 2.39. The number of nitrogens with one attached hydrogen (secondary N) is 2. The highest BCUT2D eigenvalue weighted by Gasteiger charge is 2.17. The van der Waals surface area contributed by atoms with Crippen LogP contribution in [0.15, 0.2) is 52.2 Å². The number of rotatable bonds is 3. The number of benzene rings is 2. The molecule has 0 aliphatic carbocycles. The zero-order chi connectivity index (χ0) is 22.4. The van der Waals surface area contributed by atoms with Crippen molar-refractivity contribution in [2.45, 2.75) is 13.0 Å². The van der Waals surface area contributed by atoms with Gasteiger partial charge in [0.05, 0.1) is 15.7 Å². The van der Waals surface area contributed by atoms with Gasteiger partial charge in [-0.05, 0) is 48.9 Å². The maximum absolute atomic E-state index is 13.0. The highest BCUT2D eigenvalue weighted by molar-refractivity contribution is 6.37. The predicted molar refractivity (Wildman–Crippen MR) is 126 cm³/mol. The molecule has 2 aromatic carbocycles. The first-order chi connectivity index (χ1) is 15.4. The number of aromatic amines is 1. The first kappa shape index (κ1) is 20.7. The third-order valence-electron chi connectivity index (χ3n) is 5.48. The molecule has 5 rings (SSSR count). The van der Waals surface area contributed by atoms with E-state index in [2.05, 4.69) is 44.3 Å². The van der Waals surface area contributed by atoms with Crippen molar-refractivity contribution in [2.24, 2.45) is 0 Å². The molecule has 0 spiro atoms. The van der Waals surface area contributed by atoms with Crippen LogP contribution in [0.4, 0.5) is 11.6 Å². The van der Waals surface area contributed by atoms with Gasteiger partial charge in [0.25, 0.3) is 5.56 Å². The summed E-state index contributed by atoms with van der Waals surface area (Å²) in [6, 6.07) is 10.9. The molecule has 8 nitrogen and oxygen atoms in total. The van der Waals surface area contributed by atoms with Crippen molar-refractivity contribution in [3.8, 4) is 5.69 Å². The molecule has 1 aliphatic rings. The molecule has 162 valence electrons. The van der Waals surface area contributed by atoms with Crippen LogP contribution < -0.4 is 16.6 Å². The number of nitrogens with zero attached hydrogens (tertiary/aromatic N) is 4. The van der Waals surface area contributed by atoms with Gasteiger partial charge in [-0.15, -0.1) is 0 Å². The van der Waals surface area contributed by atoms with E-state index in [9.17, 15) is 9.59 Å². The standard InChI is InChI=1S/C22H18Cl2N6O2/c1-29-8-7-12-5-6-14(9-13(12)11-29)26-21-25-10-15-19(27-21)28-22(32)30(20(15)31)18-16(23)3-2-4-17(18)24/h2-6,9-10H,7-8,11H2,1H3,(H2,25,26,27,28,32). The first-order valence-electron chi connectivity index (χ1n) is 9.94. The number of para-hydroxylation sites is 1. The van der Waals surface area contributed by atoms with Crippen LogP contribution in [0.3, 0.4) is 0 Å². The Kier molecular flexibility index (Phi) is 5.21. The topological polar surface area (TPSA) is 95.9 Å². The Morgan fingerprint density at radius 1 is 1.09 bits per heavy atom. The molecule has 0 saturated heterocycles. The van der Waals surface area contributed by atoms with Gasteiger partial charge in [0.1, 0.15) is 5.39 Å². The lowest BCUT2D eigenvalue weighted by molar-refractivity contribution is 0.313. The van der Waals surface area contributed by atoms with Crippen molar-refractivity contribution in [3.05, 3.63) is 84.6 Å². The highest BCUT2D eigenvalue weighted by atomic mass is 35.5. The van der Waals surface area contributed by atoms with Gasteiger partial charge in [0, 0.05) is 25.0 Å². The number of anilines is 2. The van der Waals surface area contributed by atoms with Gasteiger partial charge in [-0.25, -0.2) is 14.3 Å². The summed E-state index contributed by atoms with van der Waals surface area (Å²) in [4.78, 5) is 39.2. The van der Waals surface area contributed by atoms with E-state index in [1.165, 1.54) is 17.3 Å². The van der Waals surface area contributed by atoms with E-state index in [0.29, 0.717) is 0 Å². The predicted octanol–water partition coefficient (Wildman–Crippen LogP) is 3.51. The molecule has 0 unspecified atom stereocenters. The van der Waals surface area contributed by atoms with E-state index < -0.39 is 11.2 Å². The third kappa shape index (κ3) is 3.66. The molecule has 10 heteroatoms. The van der Waals surface area contributed by atoms with Crippen LogP contribution in [-0.4, -0.2) is 38.0 Å². The molecular formula is C22H18Cl2N6O2. The van der Waals surface area contributed by atoms with E-state index in [-0.39, 0.29) is 32.7 Å². The van der Waals surface area contributed by atoms with Gasteiger partial charge in [0.15, 0.2) is 5.65 Å². The second kappa shape index (κ2) is 8.05. The number of H-pyrrole nitrogens is 1. The van der Waals surface area contributed by atoms with Gasteiger partial charge in [-0.3, -0.25) is 9.78 Å². The maximum Gasteiger partial charge on any atom is 0.334 e. The van der Waals surface area contributed by atoms with Gasteiger partial charge >= 0.3 is 5.69 Å². The molecule has 0 bridgehead atoms. The lowest BCUT2D eigenvalue weighted by Crippen LogP contribution is -2.34. The van der Waals surface area contributed by atoms with Crippen LogP contribution >= 0.6 is 23.2 Å². The summed E-state index contributed by atoms with van der Waals surface area (Å²) >= 11 is 12.4.